The van der Waals surface area contributed by atoms with Crippen LogP contribution in [0.1, 0.15) is 0 Å². The summed E-state index contributed by atoms with van der Waals surface area (Å²) in [4.78, 5) is 19.6. The molecule has 0 radical (unpaired) electrons. The molecule has 0 N–H and O–H groups in total. The highest BCUT2D eigenvalue weighted by molar-refractivity contribution is 6.10. The Balaban J connectivity index is 1.14. The predicted octanol–water partition coefficient (Wildman–Crippen LogP) is 11.2. The predicted molar refractivity (Wildman–Crippen MR) is 203 cm³/mol. The van der Waals surface area contributed by atoms with E-state index in [4.69, 9.17) is 23.8 Å². The maximum atomic E-state index is 6.45. The number of benzene rings is 6. The molecule has 0 aliphatic heterocycles. The van der Waals surface area contributed by atoms with Gasteiger partial charge < -0.3 is 13.4 Å². The molecular formula is C44H25N5O2. The number of hydrogen-bond acceptors (Lipinski definition) is 6. The summed E-state index contributed by atoms with van der Waals surface area (Å²) < 4.78 is 15.0. The molecule has 7 nitrogen and oxygen atoms in total. The van der Waals surface area contributed by atoms with Gasteiger partial charge in [0, 0.05) is 61.5 Å². The first-order valence-corrected chi connectivity index (χ1v) is 16.8. The molecule has 0 saturated heterocycles. The Labute approximate surface area is 290 Å². The first-order chi connectivity index (χ1) is 25.3. The van der Waals surface area contributed by atoms with Crippen molar-refractivity contribution in [2.24, 2.45) is 0 Å². The van der Waals surface area contributed by atoms with Crippen molar-refractivity contribution >= 4 is 65.7 Å². The lowest BCUT2D eigenvalue weighted by Gasteiger charge is -2.11. The van der Waals surface area contributed by atoms with Gasteiger partial charge >= 0.3 is 0 Å². The van der Waals surface area contributed by atoms with Crippen molar-refractivity contribution < 1.29 is 8.83 Å². The van der Waals surface area contributed by atoms with Gasteiger partial charge in [-0.2, -0.15) is 0 Å². The minimum Gasteiger partial charge on any atom is -0.456 e. The van der Waals surface area contributed by atoms with Crippen molar-refractivity contribution in [3.05, 3.63) is 152 Å². The molecule has 0 saturated carbocycles. The summed E-state index contributed by atoms with van der Waals surface area (Å²) in [5, 5.41) is 6.43. The van der Waals surface area contributed by atoms with Crippen LogP contribution in [0.5, 0.6) is 0 Å². The van der Waals surface area contributed by atoms with Gasteiger partial charge in [0.25, 0.3) is 0 Å². The number of nitrogens with zero attached hydrogens (tertiary/aromatic N) is 5. The number of para-hydroxylation sites is 4. The van der Waals surface area contributed by atoms with Gasteiger partial charge in [0.15, 0.2) is 17.5 Å². The first-order valence-electron chi connectivity index (χ1n) is 16.8. The van der Waals surface area contributed by atoms with Crippen molar-refractivity contribution in [3.63, 3.8) is 0 Å². The minimum atomic E-state index is 0.524. The number of furan rings is 2. The second kappa shape index (κ2) is 10.7. The second-order valence-corrected chi connectivity index (χ2v) is 12.7. The van der Waals surface area contributed by atoms with E-state index in [9.17, 15) is 0 Å². The molecule has 5 heterocycles. The van der Waals surface area contributed by atoms with Gasteiger partial charge in [0.2, 0.25) is 0 Å². The number of rotatable bonds is 4. The van der Waals surface area contributed by atoms with E-state index < -0.39 is 0 Å². The van der Waals surface area contributed by atoms with E-state index in [2.05, 4.69) is 94.5 Å². The monoisotopic (exact) mass is 655 g/mol. The van der Waals surface area contributed by atoms with E-state index in [0.29, 0.717) is 17.5 Å². The quantitative estimate of drug-likeness (QED) is 0.188. The fourth-order valence-electron chi connectivity index (χ4n) is 7.42. The normalized spacial score (nSPS) is 11.9. The molecule has 238 valence electrons. The van der Waals surface area contributed by atoms with Crippen LogP contribution in [0.15, 0.2) is 161 Å². The van der Waals surface area contributed by atoms with Gasteiger partial charge in [-0.15, -0.1) is 0 Å². The van der Waals surface area contributed by atoms with E-state index in [1.54, 1.807) is 6.20 Å². The van der Waals surface area contributed by atoms with Gasteiger partial charge in [-0.1, -0.05) is 84.9 Å². The maximum absolute atomic E-state index is 6.45. The number of hydrogen-bond donors (Lipinski definition) is 0. The fourth-order valence-corrected chi connectivity index (χ4v) is 7.42. The third-order valence-corrected chi connectivity index (χ3v) is 9.75. The van der Waals surface area contributed by atoms with Crippen molar-refractivity contribution in [2.45, 2.75) is 0 Å². The molecule has 0 spiro atoms. The van der Waals surface area contributed by atoms with Gasteiger partial charge in [-0.25, -0.2) is 15.0 Å². The summed E-state index contributed by atoms with van der Waals surface area (Å²) in [6, 6.07) is 47.6. The Hall–Kier alpha value is -7.12. The molecule has 5 aromatic heterocycles. The molecule has 0 atom stereocenters. The zero-order valence-corrected chi connectivity index (χ0v) is 27.0. The average Bonchev–Trinajstić information content (AvgIpc) is 3.87. The Morgan fingerprint density at radius 2 is 1.08 bits per heavy atom. The molecule has 0 fully saturated rings. The Morgan fingerprint density at radius 1 is 0.431 bits per heavy atom. The molecule has 51 heavy (non-hydrogen) atoms. The summed E-state index contributed by atoms with van der Waals surface area (Å²) in [7, 11) is 0. The zero-order valence-electron chi connectivity index (χ0n) is 27.0. The summed E-state index contributed by atoms with van der Waals surface area (Å²) >= 11 is 0. The summed E-state index contributed by atoms with van der Waals surface area (Å²) in [5.74, 6) is 1.61. The highest BCUT2D eigenvalue weighted by Gasteiger charge is 2.19. The van der Waals surface area contributed by atoms with Crippen molar-refractivity contribution in [3.8, 4) is 39.9 Å². The topological polar surface area (TPSA) is 82.8 Å². The Bertz CT molecular complexity index is 3120. The fraction of sp³-hybridized carbons (Fsp3) is 0. The molecule has 0 unspecified atom stereocenters. The standard InChI is InChI=1S/C44H25N5O2/c1-4-16-36-29(11-1)30-12-2-5-17-37(30)49(36)28-10-7-9-26(23-28)42-46-43(27-19-20-32-35-25-45-22-21-39(35)50-40(32)24-27)48-44(47-42)34-15-8-14-33-31-13-3-6-18-38(31)51-41(33)34/h1-25H. The van der Waals surface area contributed by atoms with Gasteiger partial charge in [-0.3, -0.25) is 4.98 Å². The maximum Gasteiger partial charge on any atom is 0.167 e. The molecule has 11 rings (SSSR count). The van der Waals surface area contributed by atoms with Crippen molar-refractivity contribution in [2.75, 3.05) is 0 Å². The molecule has 6 aromatic carbocycles. The van der Waals surface area contributed by atoms with Crippen LogP contribution in [0.4, 0.5) is 0 Å². The van der Waals surface area contributed by atoms with E-state index in [-0.39, 0.29) is 0 Å². The summed E-state index contributed by atoms with van der Waals surface area (Å²) in [5.41, 5.74) is 8.85. The highest BCUT2D eigenvalue weighted by Crippen LogP contribution is 2.38. The molecule has 0 aliphatic carbocycles. The van der Waals surface area contributed by atoms with Crippen LogP contribution in [0.2, 0.25) is 0 Å². The van der Waals surface area contributed by atoms with E-state index in [1.165, 1.54) is 10.8 Å². The molecule has 0 aliphatic rings. The van der Waals surface area contributed by atoms with E-state index in [0.717, 1.165) is 77.3 Å². The Kier molecular flexibility index (Phi) is 5.83. The summed E-state index contributed by atoms with van der Waals surface area (Å²) in [6.45, 7) is 0. The highest BCUT2D eigenvalue weighted by atomic mass is 16.3. The molecule has 0 bridgehead atoms. The van der Waals surface area contributed by atoms with Crippen LogP contribution in [-0.4, -0.2) is 24.5 Å². The van der Waals surface area contributed by atoms with Crippen LogP contribution >= 0.6 is 0 Å². The van der Waals surface area contributed by atoms with E-state index in [1.807, 2.05) is 60.8 Å². The number of fused-ring (bicyclic) bond motifs is 9. The number of aromatic nitrogens is 5. The van der Waals surface area contributed by atoms with Crippen LogP contribution in [0, 0.1) is 0 Å². The van der Waals surface area contributed by atoms with Crippen LogP contribution < -0.4 is 0 Å². The lowest BCUT2D eigenvalue weighted by atomic mass is 10.1. The molecule has 7 heteroatoms. The minimum absolute atomic E-state index is 0.524. The van der Waals surface area contributed by atoms with Gasteiger partial charge in [0.1, 0.15) is 22.3 Å². The third kappa shape index (κ3) is 4.25. The zero-order chi connectivity index (χ0) is 33.5. The largest absolute Gasteiger partial charge is 0.456 e. The lowest BCUT2D eigenvalue weighted by Crippen LogP contribution is -2.01. The molecular weight excluding hydrogens is 631 g/mol. The van der Waals surface area contributed by atoms with E-state index >= 15 is 0 Å². The second-order valence-electron chi connectivity index (χ2n) is 12.7. The third-order valence-electron chi connectivity index (χ3n) is 9.75. The Morgan fingerprint density at radius 3 is 1.90 bits per heavy atom. The average molecular weight is 656 g/mol. The number of pyridine rings is 1. The first kappa shape index (κ1) is 27.8. The van der Waals surface area contributed by atoms with Gasteiger partial charge in [-0.05, 0) is 54.6 Å². The van der Waals surface area contributed by atoms with Crippen LogP contribution in [0.25, 0.3) is 106 Å². The lowest BCUT2D eigenvalue weighted by molar-refractivity contribution is 0.668. The van der Waals surface area contributed by atoms with Crippen molar-refractivity contribution in [1.29, 1.82) is 0 Å². The molecule has 11 aromatic rings. The molecule has 0 amide bonds. The van der Waals surface area contributed by atoms with Crippen LogP contribution in [-0.2, 0) is 0 Å². The smallest absolute Gasteiger partial charge is 0.167 e. The SMILES string of the molecule is c1cc(-c2nc(-c3ccc4c(c3)oc3ccncc34)nc(-c3cccc4c3oc3ccccc34)n2)cc(-n2c3ccccc3c3ccccc32)c1. The van der Waals surface area contributed by atoms with Gasteiger partial charge in [0.05, 0.1) is 16.6 Å². The summed E-state index contributed by atoms with van der Waals surface area (Å²) in [6.07, 6.45) is 3.57. The van der Waals surface area contributed by atoms with Crippen molar-refractivity contribution in [1.82, 2.24) is 24.5 Å². The van der Waals surface area contributed by atoms with Crippen LogP contribution in [0.3, 0.4) is 0 Å².